The maximum atomic E-state index is 5.38. The molecule has 21 heavy (non-hydrogen) atoms. The van der Waals surface area contributed by atoms with E-state index in [1.165, 1.54) is 11.1 Å². The third kappa shape index (κ3) is 4.48. The van der Waals surface area contributed by atoms with E-state index in [4.69, 9.17) is 9.47 Å². The van der Waals surface area contributed by atoms with Gasteiger partial charge in [0.05, 0.1) is 14.2 Å². The number of benzene rings is 1. The maximum Gasteiger partial charge on any atom is 0.160 e. The molecule has 2 rings (SSSR count). The molecule has 1 N–H and O–H groups in total. The fourth-order valence-electron chi connectivity index (χ4n) is 2.49. The zero-order valence-corrected chi connectivity index (χ0v) is 13.7. The Labute approximate surface area is 130 Å². The average molecular weight is 305 g/mol. The van der Waals surface area contributed by atoms with E-state index in [2.05, 4.69) is 41.2 Å². The van der Waals surface area contributed by atoms with Crippen molar-refractivity contribution in [2.45, 2.75) is 25.8 Å². The monoisotopic (exact) mass is 305 g/mol. The second-order valence-corrected chi connectivity index (χ2v) is 5.76. The van der Waals surface area contributed by atoms with E-state index >= 15 is 0 Å². The van der Waals surface area contributed by atoms with Crippen molar-refractivity contribution in [3.05, 3.63) is 46.2 Å². The molecule has 0 radical (unpaired) electrons. The van der Waals surface area contributed by atoms with Gasteiger partial charge in [-0.2, -0.15) is 11.3 Å². The molecule has 1 heterocycles. The van der Waals surface area contributed by atoms with Crippen LogP contribution in [-0.2, 0) is 12.8 Å². The summed E-state index contributed by atoms with van der Waals surface area (Å²) in [5.74, 6) is 1.57. The van der Waals surface area contributed by atoms with Crippen LogP contribution in [0.2, 0.25) is 0 Å². The van der Waals surface area contributed by atoms with Gasteiger partial charge in [-0.25, -0.2) is 0 Å². The van der Waals surface area contributed by atoms with Crippen molar-refractivity contribution in [1.82, 2.24) is 5.32 Å². The van der Waals surface area contributed by atoms with Gasteiger partial charge in [-0.15, -0.1) is 0 Å². The molecular weight excluding hydrogens is 282 g/mol. The Morgan fingerprint density at radius 3 is 2.43 bits per heavy atom. The first kappa shape index (κ1) is 15.9. The van der Waals surface area contributed by atoms with Crippen LogP contribution in [0.1, 0.15) is 18.1 Å². The number of likely N-dealkylation sites (N-methyl/N-ethyl adjacent to an activating group) is 1. The van der Waals surface area contributed by atoms with Gasteiger partial charge in [-0.1, -0.05) is 13.0 Å². The molecule has 0 saturated heterocycles. The van der Waals surface area contributed by atoms with E-state index in [9.17, 15) is 0 Å². The summed E-state index contributed by atoms with van der Waals surface area (Å²) in [6.45, 7) is 3.12. The number of thiophene rings is 1. The highest BCUT2D eigenvalue weighted by molar-refractivity contribution is 7.07. The summed E-state index contributed by atoms with van der Waals surface area (Å²) in [4.78, 5) is 0. The quantitative estimate of drug-likeness (QED) is 0.809. The van der Waals surface area contributed by atoms with Gasteiger partial charge < -0.3 is 14.8 Å². The smallest absolute Gasteiger partial charge is 0.160 e. The first-order valence-electron chi connectivity index (χ1n) is 7.22. The summed E-state index contributed by atoms with van der Waals surface area (Å²) in [6.07, 6.45) is 2.02. The predicted octanol–water partition coefficient (Wildman–Crippen LogP) is 3.53. The van der Waals surface area contributed by atoms with Gasteiger partial charge in [0.15, 0.2) is 11.5 Å². The van der Waals surface area contributed by atoms with Gasteiger partial charge in [0.25, 0.3) is 0 Å². The minimum absolute atomic E-state index is 0.433. The fourth-order valence-corrected chi connectivity index (χ4v) is 3.17. The molecule has 114 valence electrons. The first-order valence-corrected chi connectivity index (χ1v) is 8.16. The molecule has 1 aromatic heterocycles. The van der Waals surface area contributed by atoms with Gasteiger partial charge in [-0.3, -0.25) is 0 Å². The molecule has 0 aliphatic rings. The Morgan fingerprint density at radius 2 is 1.81 bits per heavy atom. The lowest BCUT2D eigenvalue weighted by Crippen LogP contribution is -2.32. The van der Waals surface area contributed by atoms with Gasteiger partial charge in [0.1, 0.15) is 0 Å². The zero-order valence-electron chi connectivity index (χ0n) is 12.9. The molecular formula is C17H23NO2S. The third-order valence-electron chi connectivity index (χ3n) is 3.49. The normalized spacial score (nSPS) is 12.1. The van der Waals surface area contributed by atoms with Gasteiger partial charge >= 0.3 is 0 Å². The number of ether oxygens (including phenoxy) is 2. The van der Waals surface area contributed by atoms with Crippen molar-refractivity contribution < 1.29 is 9.47 Å². The minimum atomic E-state index is 0.433. The molecule has 0 saturated carbocycles. The molecule has 4 heteroatoms. The van der Waals surface area contributed by atoms with E-state index in [0.717, 1.165) is 30.9 Å². The Hall–Kier alpha value is -1.52. The topological polar surface area (TPSA) is 30.5 Å². The van der Waals surface area contributed by atoms with Crippen molar-refractivity contribution in [1.29, 1.82) is 0 Å². The SMILES string of the molecule is CCNC(Cc1ccsc1)Cc1ccc(OC)c(OC)c1. The summed E-state index contributed by atoms with van der Waals surface area (Å²) >= 11 is 1.75. The number of hydrogen-bond acceptors (Lipinski definition) is 4. The molecule has 0 bridgehead atoms. The van der Waals surface area contributed by atoms with Crippen LogP contribution < -0.4 is 14.8 Å². The molecule has 0 aliphatic heterocycles. The van der Waals surface area contributed by atoms with Crippen LogP contribution in [-0.4, -0.2) is 26.8 Å². The molecule has 1 atom stereocenters. The maximum absolute atomic E-state index is 5.38. The Morgan fingerprint density at radius 1 is 1.05 bits per heavy atom. The van der Waals surface area contributed by atoms with Gasteiger partial charge in [0, 0.05) is 6.04 Å². The standard InChI is InChI=1S/C17H23NO2S/c1-4-18-15(10-14-7-8-21-12-14)9-13-5-6-16(19-2)17(11-13)20-3/h5-8,11-12,15,18H,4,9-10H2,1-3H3. The van der Waals surface area contributed by atoms with Crippen molar-refractivity contribution in [3.63, 3.8) is 0 Å². The van der Waals surface area contributed by atoms with Crippen molar-refractivity contribution >= 4 is 11.3 Å². The highest BCUT2D eigenvalue weighted by Crippen LogP contribution is 2.28. The second kappa shape index (κ2) is 8.05. The largest absolute Gasteiger partial charge is 0.493 e. The van der Waals surface area contributed by atoms with E-state index in [1.54, 1.807) is 25.6 Å². The van der Waals surface area contributed by atoms with Crippen molar-refractivity contribution in [2.24, 2.45) is 0 Å². The molecule has 0 fully saturated rings. The Bertz CT molecular complexity index is 540. The highest BCUT2D eigenvalue weighted by Gasteiger charge is 2.12. The van der Waals surface area contributed by atoms with E-state index in [1.807, 2.05) is 6.07 Å². The van der Waals surface area contributed by atoms with Crippen LogP contribution in [0.25, 0.3) is 0 Å². The van der Waals surface area contributed by atoms with Crippen molar-refractivity contribution in [2.75, 3.05) is 20.8 Å². The van der Waals surface area contributed by atoms with E-state index < -0.39 is 0 Å². The molecule has 1 unspecified atom stereocenters. The lowest BCUT2D eigenvalue weighted by atomic mass is 10.00. The summed E-state index contributed by atoms with van der Waals surface area (Å²) in [7, 11) is 3.34. The molecule has 3 nitrogen and oxygen atoms in total. The first-order chi connectivity index (χ1) is 10.3. The van der Waals surface area contributed by atoms with Crippen molar-refractivity contribution in [3.8, 4) is 11.5 Å². The second-order valence-electron chi connectivity index (χ2n) is 4.98. The fraction of sp³-hybridized carbons (Fsp3) is 0.412. The lowest BCUT2D eigenvalue weighted by molar-refractivity contribution is 0.354. The summed E-state index contributed by atoms with van der Waals surface area (Å²) < 4.78 is 10.7. The van der Waals surface area contributed by atoms with Crippen LogP contribution >= 0.6 is 11.3 Å². The summed E-state index contributed by atoms with van der Waals surface area (Å²) in [6, 6.07) is 8.78. The van der Waals surface area contributed by atoms with Crippen LogP contribution in [0.3, 0.4) is 0 Å². The molecule has 0 aliphatic carbocycles. The number of nitrogens with one attached hydrogen (secondary N) is 1. The number of methoxy groups -OCH3 is 2. The van der Waals surface area contributed by atoms with E-state index in [-0.39, 0.29) is 0 Å². The summed E-state index contributed by atoms with van der Waals surface area (Å²) in [5.41, 5.74) is 2.65. The minimum Gasteiger partial charge on any atom is -0.493 e. The third-order valence-corrected chi connectivity index (χ3v) is 4.22. The van der Waals surface area contributed by atoms with Crippen LogP contribution in [0.15, 0.2) is 35.0 Å². The molecule has 2 aromatic rings. The van der Waals surface area contributed by atoms with Crippen LogP contribution in [0.5, 0.6) is 11.5 Å². The Balaban J connectivity index is 2.09. The van der Waals surface area contributed by atoms with Crippen LogP contribution in [0, 0.1) is 0 Å². The zero-order chi connectivity index (χ0) is 15.1. The number of rotatable bonds is 8. The molecule has 0 amide bonds. The summed E-state index contributed by atoms with van der Waals surface area (Å²) in [5, 5.41) is 7.92. The lowest BCUT2D eigenvalue weighted by Gasteiger charge is -2.18. The number of hydrogen-bond donors (Lipinski definition) is 1. The Kier molecular flexibility index (Phi) is 6.08. The van der Waals surface area contributed by atoms with Gasteiger partial charge in [-0.05, 0) is 59.5 Å². The van der Waals surface area contributed by atoms with Crippen LogP contribution in [0.4, 0.5) is 0 Å². The average Bonchev–Trinajstić information content (AvgIpc) is 3.00. The highest BCUT2D eigenvalue weighted by atomic mass is 32.1. The van der Waals surface area contributed by atoms with E-state index in [0.29, 0.717) is 6.04 Å². The molecule has 0 spiro atoms. The predicted molar refractivity (Wildman–Crippen MR) is 88.7 cm³/mol. The van der Waals surface area contributed by atoms with Gasteiger partial charge in [0.2, 0.25) is 0 Å². The molecule has 1 aromatic carbocycles.